The Morgan fingerprint density at radius 3 is 2.34 bits per heavy atom. The molecule has 0 bridgehead atoms. The lowest BCUT2D eigenvalue weighted by molar-refractivity contribution is -0.362. The van der Waals surface area contributed by atoms with Gasteiger partial charge in [-0.3, -0.25) is 0 Å². The Hall–Kier alpha value is -0.740. The number of ether oxygens (including phenoxy) is 6. The molecule has 0 aromatic rings. The summed E-state index contributed by atoms with van der Waals surface area (Å²) in [6, 6.07) is 0. The van der Waals surface area contributed by atoms with Gasteiger partial charge < -0.3 is 59.1 Å². The van der Waals surface area contributed by atoms with Gasteiger partial charge in [-0.25, -0.2) is 0 Å². The molecule has 4 aliphatic carbocycles. The molecule has 3 saturated carbocycles. The van der Waals surface area contributed by atoms with Crippen molar-refractivity contribution >= 4 is 0 Å². The van der Waals surface area contributed by atoms with E-state index in [0.717, 1.165) is 45.1 Å². The second-order valence-corrected chi connectivity index (χ2v) is 17.9. The van der Waals surface area contributed by atoms with Crippen LogP contribution < -0.4 is 0 Å². The molecule has 6 N–H and O–H groups in total. The maximum atomic E-state index is 11.1. The molecule has 1 unspecified atom stereocenters. The Bertz CT molecular complexity index is 1290. The van der Waals surface area contributed by atoms with Crippen LogP contribution in [0.25, 0.3) is 0 Å². The molecule has 4 heterocycles. The van der Waals surface area contributed by atoms with Crippen molar-refractivity contribution in [1.29, 1.82) is 0 Å². The Balaban J connectivity index is 1.04. The average Bonchev–Trinajstić information content (AvgIpc) is 3.53. The Morgan fingerprint density at radius 1 is 0.820 bits per heavy atom. The lowest BCUT2D eigenvalue weighted by Gasteiger charge is -2.60. The van der Waals surface area contributed by atoms with E-state index < -0.39 is 78.7 Å². The van der Waals surface area contributed by atoms with Gasteiger partial charge in [-0.15, -0.1) is 0 Å². The lowest BCUT2D eigenvalue weighted by atomic mass is 9.46. The first-order valence-corrected chi connectivity index (χ1v) is 19.4. The van der Waals surface area contributed by atoms with Gasteiger partial charge in [0, 0.05) is 24.2 Å². The van der Waals surface area contributed by atoms with E-state index >= 15 is 0 Å². The summed E-state index contributed by atoms with van der Waals surface area (Å²) in [6.07, 6.45) is -3.26. The normalized spacial score (nSPS) is 59.3. The summed E-state index contributed by atoms with van der Waals surface area (Å²) in [5, 5.41) is 64.1. The summed E-state index contributed by atoms with van der Waals surface area (Å²) in [5.41, 5.74) is 0.917. The minimum Gasteiger partial charge on any atom is -0.393 e. The predicted molar refractivity (Wildman–Crippen MR) is 177 cm³/mol. The fourth-order valence-electron chi connectivity index (χ4n) is 12.4. The number of fused-ring (bicyclic) bond motifs is 7. The van der Waals surface area contributed by atoms with E-state index in [1.54, 1.807) is 6.92 Å². The number of hydrogen-bond acceptors (Lipinski definition) is 12. The van der Waals surface area contributed by atoms with E-state index in [1.807, 2.05) is 0 Å². The molecule has 4 aliphatic heterocycles. The molecule has 0 aromatic carbocycles. The largest absolute Gasteiger partial charge is 0.393 e. The molecular weight excluding hydrogens is 648 g/mol. The number of rotatable bonds is 4. The third-order valence-corrected chi connectivity index (χ3v) is 15.2. The van der Waals surface area contributed by atoms with E-state index in [9.17, 15) is 30.6 Å². The summed E-state index contributed by atoms with van der Waals surface area (Å²) in [6.45, 7) is 11.5. The highest BCUT2D eigenvalue weighted by molar-refractivity contribution is 5.28. The van der Waals surface area contributed by atoms with Crippen LogP contribution >= 0.6 is 0 Å². The topological polar surface area (TPSA) is 177 Å². The molecular formula is C38H60O12. The highest BCUT2D eigenvalue weighted by atomic mass is 16.8. The molecule has 284 valence electrons. The number of allylic oxidation sites excluding steroid dienone is 1. The van der Waals surface area contributed by atoms with Gasteiger partial charge in [0.1, 0.15) is 36.6 Å². The van der Waals surface area contributed by atoms with E-state index in [-0.39, 0.29) is 18.1 Å². The van der Waals surface area contributed by atoms with Gasteiger partial charge in [0.25, 0.3) is 0 Å². The van der Waals surface area contributed by atoms with Crippen LogP contribution in [-0.2, 0) is 28.4 Å². The van der Waals surface area contributed by atoms with Crippen molar-refractivity contribution < 1.29 is 59.1 Å². The van der Waals surface area contributed by atoms with Gasteiger partial charge in [0.2, 0.25) is 0 Å². The van der Waals surface area contributed by atoms with Gasteiger partial charge in [-0.05, 0) is 80.5 Å². The van der Waals surface area contributed by atoms with Gasteiger partial charge in [0.15, 0.2) is 18.4 Å². The van der Waals surface area contributed by atoms with Crippen LogP contribution in [0.4, 0.5) is 0 Å². The minimum atomic E-state index is -1.60. The van der Waals surface area contributed by atoms with Crippen molar-refractivity contribution in [1.82, 2.24) is 0 Å². The van der Waals surface area contributed by atoms with E-state index in [4.69, 9.17) is 28.4 Å². The monoisotopic (exact) mass is 708 g/mol. The first-order valence-electron chi connectivity index (χ1n) is 19.4. The summed E-state index contributed by atoms with van der Waals surface area (Å²) in [7, 11) is 0. The molecule has 0 radical (unpaired) electrons. The van der Waals surface area contributed by atoms with Gasteiger partial charge in [-0.2, -0.15) is 0 Å². The van der Waals surface area contributed by atoms with E-state index in [2.05, 4.69) is 33.8 Å². The standard InChI is InChI=1S/C38H60O12/c1-17-8-11-38(46-15-17)18(2)28-26(50-38)14-24-22-7-6-20-12-21(39)13-27(37(20,5)23(22)9-10-36(24,28)4)48-35-33(30(42)25(40)16-45-35)49-34-32(44)31(43)29(41)19(3)47-34/h6,17-19,21-35,39-44H,7-16H2,1-5H3/t17-,18-,19-,21+,22+,23-,24-,25-,26-,27+,28?,29-,30-,31+,32+,33+,34-,35-,36-,37-,38+/m0/s1. The Kier molecular flexibility index (Phi) is 9.38. The molecule has 12 nitrogen and oxygen atoms in total. The summed E-state index contributed by atoms with van der Waals surface area (Å²) in [5.74, 6) is 2.08. The molecule has 0 amide bonds. The number of aliphatic hydroxyl groups is 6. The van der Waals surface area contributed by atoms with Crippen LogP contribution in [0, 0.1) is 46.3 Å². The zero-order chi connectivity index (χ0) is 35.5. The molecule has 21 atom stereocenters. The van der Waals surface area contributed by atoms with E-state index in [0.29, 0.717) is 48.3 Å². The van der Waals surface area contributed by atoms with Crippen LogP contribution in [0.2, 0.25) is 0 Å². The number of hydrogen-bond donors (Lipinski definition) is 6. The summed E-state index contributed by atoms with van der Waals surface area (Å²) in [4.78, 5) is 0. The Labute approximate surface area is 295 Å². The first-order chi connectivity index (χ1) is 23.7. The molecule has 0 aromatic heterocycles. The fraction of sp³-hybridized carbons (Fsp3) is 0.947. The van der Waals surface area contributed by atoms with Crippen LogP contribution in [-0.4, -0.2) is 123 Å². The van der Waals surface area contributed by atoms with Gasteiger partial charge in [0.05, 0.1) is 37.6 Å². The maximum absolute atomic E-state index is 11.1. The van der Waals surface area contributed by atoms with Crippen LogP contribution in [0.15, 0.2) is 11.6 Å². The second kappa shape index (κ2) is 12.9. The molecule has 8 rings (SSSR count). The zero-order valence-electron chi connectivity index (χ0n) is 30.2. The molecule has 1 spiro atoms. The lowest BCUT2D eigenvalue weighted by Crippen LogP contribution is -2.63. The zero-order valence-corrected chi connectivity index (χ0v) is 30.2. The van der Waals surface area contributed by atoms with Crippen LogP contribution in [0.3, 0.4) is 0 Å². The summed E-state index contributed by atoms with van der Waals surface area (Å²) >= 11 is 0. The van der Waals surface area contributed by atoms with Gasteiger partial charge in [-0.1, -0.05) is 39.3 Å². The highest BCUT2D eigenvalue weighted by Gasteiger charge is 2.69. The van der Waals surface area contributed by atoms with Crippen molar-refractivity contribution in [2.45, 2.75) is 165 Å². The molecule has 12 heteroatoms. The highest BCUT2D eigenvalue weighted by Crippen LogP contribution is 2.71. The third kappa shape index (κ3) is 5.45. The first kappa shape index (κ1) is 36.2. The quantitative estimate of drug-likeness (QED) is 0.235. The third-order valence-electron chi connectivity index (χ3n) is 15.2. The molecule has 7 fully saturated rings. The van der Waals surface area contributed by atoms with E-state index in [1.165, 1.54) is 5.57 Å². The fourth-order valence-corrected chi connectivity index (χ4v) is 12.4. The van der Waals surface area contributed by atoms with Crippen molar-refractivity contribution in [2.24, 2.45) is 46.3 Å². The second-order valence-electron chi connectivity index (χ2n) is 17.9. The average molecular weight is 709 g/mol. The Morgan fingerprint density at radius 2 is 1.60 bits per heavy atom. The minimum absolute atomic E-state index is 0.134. The maximum Gasteiger partial charge on any atom is 0.187 e. The SMILES string of the molecule is C[C@H]1CC[C@@]2(OC1)O[C@H]1C[C@H]3[C@@H]4CC=C5C[C@@H](O)C[C@@H](O[C@@H]6OC[C@H](O)[C@H](O)[C@H]6O[C@@H]6O[C@@H](C)[C@H](O)[C@@H](O)[C@H]6O)[C@]5(C)[C@H]4CC[C@]3(C)C1[C@@H]2C. The summed E-state index contributed by atoms with van der Waals surface area (Å²) < 4.78 is 38.0. The molecule has 4 saturated heterocycles. The van der Waals surface area contributed by atoms with Crippen LogP contribution in [0.5, 0.6) is 0 Å². The molecule has 50 heavy (non-hydrogen) atoms. The van der Waals surface area contributed by atoms with Crippen molar-refractivity contribution in [3.8, 4) is 0 Å². The van der Waals surface area contributed by atoms with Crippen LogP contribution in [0.1, 0.15) is 86.0 Å². The van der Waals surface area contributed by atoms with Crippen molar-refractivity contribution in [2.75, 3.05) is 13.2 Å². The molecule has 8 aliphatic rings. The van der Waals surface area contributed by atoms with Crippen molar-refractivity contribution in [3.63, 3.8) is 0 Å². The smallest absolute Gasteiger partial charge is 0.187 e. The van der Waals surface area contributed by atoms with Gasteiger partial charge >= 0.3 is 0 Å². The van der Waals surface area contributed by atoms with Crippen molar-refractivity contribution in [3.05, 3.63) is 11.6 Å². The number of aliphatic hydroxyl groups excluding tert-OH is 6. The predicted octanol–water partition coefficient (Wildman–Crippen LogP) is 2.00.